The Bertz CT molecular complexity index is 1420. The van der Waals surface area contributed by atoms with Crippen LogP contribution in [0.5, 0.6) is 11.5 Å². The van der Waals surface area contributed by atoms with Gasteiger partial charge in [-0.2, -0.15) is 0 Å². The first-order valence-corrected chi connectivity index (χ1v) is 14.6. The molecule has 0 radical (unpaired) electrons. The number of carbonyl (C=O) groups is 1. The van der Waals surface area contributed by atoms with Crippen molar-refractivity contribution in [3.63, 3.8) is 0 Å². The van der Waals surface area contributed by atoms with Crippen molar-refractivity contribution in [3.05, 3.63) is 58.5 Å². The molecule has 0 aliphatic heterocycles. The molecule has 4 aromatic rings. The van der Waals surface area contributed by atoms with Gasteiger partial charge in [0.2, 0.25) is 0 Å². The first-order chi connectivity index (χ1) is 18.1. The lowest BCUT2D eigenvalue weighted by Crippen LogP contribution is -2.13. The Balaban J connectivity index is 1.57. The van der Waals surface area contributed by atoms with Crippen LogP contribution in [-0.4, -0.2) is 35.3 Å². The van der Waals surface area contributed by atoms with E-state index in [1.54, 1.807) is 23.5 Å². The fraction of sp³-hybridized carbons (Fsp3) is 0.321. The fourth-order valence-corrected chi connectivity index (χ4v) is 6.22. The minimum Gasteiger partial charge on any atom is -0.492 e. The number of anilines is 3. The van der Waals surface area contributed by atoms with Crippen LogP contribution in [0.1, 0.15) is 47.5 Å². The molecule has 0 spiro atoms. The third-order valence-corrected chi connectivity index (χ3v) is 7.93. The molecule has 9 heteroatoms. The van der Waals surface area contributed by atoms with Crippen LogP contribution in [-0.2, 0) is 12.8 Å². The van der Waals surface area contributed by atoms with E-state index in [1.165, 1.54) is 35.0 Å². The van der Waals surface area contributed by atoms with Crippen molar-refractivity contribution in [3.8, 4) is 11.5 Å². The number of thioether (sulfide) groups is 1. The summed E-state index contributed by atoms with van der Waals surface area (Å²) >= 11 is 3.31. The lowest BCUT2D eigenvalue weighted by atomic mass is 9.97. The molecule has 0 saturated heterocycles. The zero-order valence-electron chi connectivity index (χ0n) is 21.2. The van der Waals surface area contributed by atoms with Crippen LogP contribution in [0.25, 0.3) is 10.2 Å². The average Bonchev–Trinajstić information content (AvgIpc) is 3.30. The number of fused-ring (bicyclic) bond motifs is 3. The number of amides is 1. The van der Waals surface area contributed by atoms with Crippen molar-refractivity contribution in [2.24, 2.45) is 0 Å². The van der Waals surface area contributed by atoms with Gasteiger partial charge in [-0.05, 0) is 63.5 Å². The fourth-order valence-electron chi connectivity index (χ4n) is 4.54. The summed E-state index contributed by atoms with van der Waals surface area (Å²) in [6.07, 6.45) is 6.52. The summed E-state index contributed by atoms with van der Waals surface area (Å²) in [6, 6.07) is 12.8. The standard InChI is InChI=1S/C28H30N4O3S2/c1-4-34-21-16-20(30-26(33)17-11-7-6-8-12-17)22(35-5-2)15-19(21)29-25-24-18-13-9-10-14-23(18)37-27(24)32-28(31-25)36-3/h6-8,11-12,15-16H,4-5,9-10,13-14H2,1-3H3,(H,30,33)(H,29,31,32). The first-order valence-electron chi connectivity index (χ1n) is 12.5. The van der Waals surface area contributed by atoms with E-state index in [4.69, 9.17) is 19.4 Å². The molecule has 1 aliphatic carbocycles. The number of thiophene rings is 1. The minimum atomic E-state index is -0.211. The summed E-state index contributed by atoms with van der Waals surface area (Å²) in [5.74, 6) is 1.73. The average molecular weight is 535 g/mol. The van der Waals surface area contributed by atoms with Crippen molar-refractivity contribution in [2.45, 2.75) is 44.7 Å². The molecule has 7 nitrogen and oxygen atoms in total. The van der Waals surface area contributed by atoms with Gasteiger partial charge in [-0.25, -0.2) is 9.97 Å². The zero-order chi connectivity index (χ0) is 25.8. The van der Waals surface area contributed by atoms with Gasteiger partial charge in [0.15, 0.2) is 5.16 Å². The number of ether oxygens (including phenoxy) is 2. The van der Waals surface area contributed by atoms with Gasteiger partial charge in [-0.3, -0.25) is 4.79 Å². The minimum absolute atomic E-state index is 0.211. The molecular formula is C28H30N4O3S2. The van der Waals surface area contributed by atoms with E-state index in [0.717, 1.165) is 39.7 Å². The predicted molar refractivity (Wildman–Crippen MR) is 152 cm³/mol. The van der Waals surface area contributed by atoms with Crippen LogP contribution < -0.4 is 20.1 Å². The molecule has 192 valence electrons. The Morgan fingerprint density at radius 1 is 1.00 bits per heavy atom. The van der Waals surface area contributed by atoms with E-state index in [0.29, 0.717) is 36.0 Å². The molecule has 2 heterocycles. The molecule has 2 N–H and O–H groups in total. The number of carbonyl (C=O) groups excluding carboxylic acids is 1. The highest BCUT2D eigenvalue weighted by Gasteiger charge is 2.23. The lowest BCUT2D eigenvalue weighted by molar-refractivity contribution is 0.102. The second kappa shape index (κ2) is 11.4. The Labute approximate surface area is 225 Å². The molecule has 37 heavy (non-hydrogen) atoms. The highest BCUT2D eigenvalue weighted by atomic mass is 32.2. The number of aromatic nitrogens is 2. The van der Waals surface area contributed by atoms with Crippen LogP contribution in [0.4, 0.5) is 17.2 Å². The van der Waals surface area contributed by atoms with E-state index in [1.807, 2.05) is 50.4 Å². The van der Waals surface area contributed by atoms with Gasteiger partial charge in [-0.1, -0.05) is 30.0 Å². The summed E-state index contributed by atoms with van der Waals surface area (Å²) in [5.41, 5.74) is 3.21. The van der Waals surface area contributed by atoms with Gasteiger partial charge in [0.05, 0.1) is 30.0 Å². The third-order valence-electron chi connectivity index (χ3n) is 6.20. The highest BCUT2D eigenvalue weighted by molar-refractivity contribution is 7.98. The van der Waals surface area contributed by atoms with Crippen molar-refractivity contribution in [1.29, 1.82) is 0 Å². The molecule has 2 aromatic carbocycles. The number of hydrogen-bond donors (Lipinski definition) is 2. The van der Waals surface area contributed by atoms with Gasteiger partial charge in [0, 0.05) is 22.6 Å². The first kappa shape index (κ1) is 25.4. The van der Waals surface area contributed by atoms with Crippen molar-refractivity contribution in [2.75, 3.05) is 30.1 Å². The topological polar surface area (TPSA) is 85.4 Å². The van der Waals surface area contributed by atoms with Gasteiger partial charge in [-0.15, -0.1) is 11.3 Å². The molecule has 2 aromatic heterocycles. The Kier molecular flexibility index (Phi) is 7.81. The molecule has 5 rings (SSSR count). The van der Waals surface area contributed by atoms with Crippen molar-refractivity contribution >= 4 is 56.4 Å². The maximum Gasteiger partial charge on any atom is 0.255 e. The normalized spacial score (nSPS) is 12.7. The zero-order valence-corrected chi connectivity index (χ0v) is 22.9. The summed E-state index contributed by atoms with van der Waals surface area (Å²) in [4.78, 5) is 25.0. The summed E-state index contributed by atoms with van der Waals surface area (Å²) in [5, 5.41) is 8.36. The highest BCUT2D eigenvalue weighted by Crippen LogP contribution is 2.43. The molecular weight excluding hydrogens is 504 g/mol. The second-order valence-corrected chi connectivity index (χ2v) is 10.5. The predicted octanol–water partition coefficient (Wildman–Crippen LogP) is 7.09. The van der Waals surface area contributed by atoms with Crippen molar-refractivity contribution < 1.29 is 14.3 Å². The Morgan fingerprint density at radius 3 is 2.43 bits per heavy atom. The summed E-state index contributed by atoms with van der Waals surface area (Å²) < 4.78 is 12.0. The van der Waals surface area contributed by atoms with Gasteiger partial charge in [0.25, 0.3) is 5.91 Å². The summed E-state index contributed by atoms with van der Waals surface area (Å²) in [6.45, 7) is 4.78. The number of benzene rings is 2. The molecule has 0 unspecified atom stereocenters. The van der Waals surface area contributed by atoms with Crippen LogP contribution in [0.3, 0.4) is 0 Å². The van der Waals surface area contributed by atoms with Gasteiger partial charge >= 0.3 is 0 Å². The number of aryl methyl sites for hydroxylation is 2. The maximum absolute atomic E-state index is 12.9. The van der Waals surface area contributed by atoms with Crippen LogP contribution in [0.15, 0.2) is 47.6 Å². The second-order valence-electron chi connectivity index (χ2n) is 8.61. The van der Waals surface area contributed by atoms with E-state index >= 15 is 0 Å². The largest absolute Gasteiger partial charge is 0.492 e. The van der Waals surface area contributed by atoms with Gasteiger partial charge < -0.3 is 20.1 Å². The van der Waals surface area contributed by atoms with Gasteiger partial charge in [0.1, 0.15) is 22.1 Å². The number of nitrogens with one attached hydrogen (secondary N) is 2. The Hall–Kier alpha value is -3.30. The molecule has 0 saturated carbocycles. The number of nitrogens with zero attached hydrogens (tertiary/aromatic N) is 2. The monoisotopic (exact) mass is 534 g/mol. The maximum atomic E-state index is 12.9. The SMILES string of the molecule is CCOc1cc(Nc2nc(SC)nc3sc4c(c23)CCCC4)c(OCC)cc1NC(=O)c1ccccc1. The molecule has 1 aliphatic rings. The molecule has 0 bridgehead atoms. The Morgan fingerprint density at radius 2 is 1.70 bits per heavy atom. The van der Waals surface area contributed by atoms with Crippen molar-refractivity contribution in [1.82, 2.24) is 9.97 Å². The number of rotatable bonds is 9. The lowest BCUT2D eigenvalue weighted by Gasteiger charge is -2.19. The molecule has 0 atom stereocenters. The number of hydrogen-bond acceptors (Lipinski definition) is 8. The van der Waals surface area contributed by atoms with Crippen LogP contribution >= 0.6 is 23.1 Å². The van der Waals surface area contributed by atoms with E-state index in [2.05, 4.69) is 10.6 Å². The third kappa shape index (κ3) is 5.38. The van der Waals surface area contributed by atoms with E-state index < -0.39 is 0 Å². The van der Waals surface area contributed by atoms with E-state index in [9.17, 15) is 4.79 Å². The van der Waals surface area contributed by atoms with Crippen LogP contribution in [0.2, 0.25) is 0 Å². The molecule has 0 fully saturated rings. The van der Waals surface area contributed by atoms with Crippen LogP contribution in [0, 0.1) is 0 Å². The van der Waals surface area contributed by atoms with E-state index in [-0.39, 0.29) is 5.91 Å². The molecule has 1 amide bonds. The smallest absolute Gasteiger partial charge is 0.255 e. The quantitative estimate of drug-likeness (QED) is 0.175. The summed E-state index contributed by atoms with van der Waals surface area (Å²) in [7, 11) is 0.